The van der Waals surface area contributed by atoms with Crippen molar-refractivity contribution in [2.45, 2.75) is 51.4 Å². The van der Waals surface area contributed by atoms with E-state index in [-0.39, 0.29) is 58.2 Å². The second-order valence-electron chi connectivity index (χ2n) is 12.0. The fourth-order valence-electron chi connectivity index (χ4n) is 7.77. The SMILES string of the molecule is Cn1c2c3sc(N=C4C(=O)C5CCCCC5C4=O)cc3sc2c2sc3cc(N=C4C(=O)C5CCCCC5C4=O)sc3c21. The maximum atomic E-state index is 13.0. The summed E-state index contributed by atoms with van der Waals surface area (Å²) < 4.78 is 9.12. The third kappa shape index (κ3) is 3.42. The van der Waals surface area contributed by atoms with Gasteiger partial charge in [-0.25, -0.2) is 9.98 Å². The van der Waals surface area contributed by atoms with Crippen molar-refractivity contribution >= 4 is 129 Å². The fraction of sp³-hybridized carbons (Fsp3) is 0.419. The van der Waals surface area contributed by atoms with E-state index in [2.05, 4.69) is 21.6 Å². The van der Waals surface area contributed by atoms with Crippen LogP contribution in [0.25, 0.3) is 39.2 Å². The van der Waals surface area contributed by atoms with Gasteiger partial charge in [-0.1, -0.05) is 25.7 Å². The summed E-state index contributed by atoms with van der Waals surface area (Å²) >= 11 is 6.53. The quantitative estimate of drug-likeness (QED) is 0.197. The predicted molar refractivity (Wildman–Crippen MR) is 172 cm³/mol. The number of thiophene rings is 4. The number of hydrogen-bond acceptors (Lipinski definition) is 10. The molecule has 4 fully saturated rings. The molecule has 0 saturated heterocycles. The predicted octanol–water partition coefficient (Wildman–Crippen LogP) is 7.95. The maximum absolute atomic E-state index is 13.0. The molecular formula is C31H25N3O4S4. The molecule has 5 aromatic rings. The Morgan fingerprint density at radius 2 is 0.929 bits per heavy atom. The van der Waals surface area contributed by atoms with Crippen molar-refractivity contribution in [1.29, 1.82) is 0 Å². The second-order valence-corrected chi connectivity index (χ2v) is 16.2. The molecule has 0 amide bonds. The van der Waals surface area contributed by atoms with Crippen molar-refractivity contribution in [3.05, 3.63) is 12.1 Å². The normalized spacial score (nSPS) is 26.5. The van der Waals surface area contributed by atoms with Gasteiger partial charge in [0.1, 0.15) is 10.0 Å². The molecule has 212 valence electrons. The number of carbonyl (C=O) groups is 4. The van der Waals surface area contributed by atoms with Gasteiger partial charge in [0.05, 0.1) is 39.2 Å². The highest BCUT2D eigenvalue weighted by molar-refractivity contribution is 7.39. The molecule has 11 heteroatoms. The highest BCUT2D eigenvalue weighted by Gasteiger charge is 2.48. The summed E-state index contributed by atoms with van der Waals surface area (Å²) in [5.74, 6) is -0.945. The van der Waals surface area contributed by atoms with Gasteiger partial charge >= 0.3 is 0 Å². The molecule has 5 heterocycles. The molecule has 4 saturated carbocycles. The van der Waals surface area contributed by atoms with E-state index in [1.54, 1.807) is 45.3 Å². The zero-order chi connectivity index (χ0) is 28.4. The lowest BCUT2D eigenvalue weighted by atomic mass is 9.81. The Labute approximate surface area is 255 Å². The van der Waals surface area contributed by atoms with Crippen molar-refractivity contribution in [2.75, 3.05) is 0 Å². The number of rotatable bonds is 2. The topological polar surface area (TPSA) is 97.9 Å². The fourth-order valence-corrected chi connectivity index (χ4v) is 13.0. The number of Topliss-reactive ketones (excluding diaryl/α,β-unsaturated/α-hetero) is 4. The van der Waals surface area contributed by atoms with Crippen LogP contribution in [0.5, 0.6) is 0 Å². The molecule has 0 bridgehead atoms. The summed E-state index contributed by atoms with van der Waals surface area (Å²) in [5, 5.41) is 1.42. The van der Waals surface area contributed by atoms with E-state index in [1.807, 2.05) is 12.1 Å². The Morgan fingerprint density at radius 1 is 0.571 bits per heavy atom. The Hall–Kier alpha value is -2.86. The number of ketones is 4. The van der Waals surface area contributed by atoms with E-state index >= 15 is 0 Å². The van der Waals surface area contributed by atoms with Crippen LogP contribution >= 0.6 is 45.3 Å². The molecule has 0 N–H and O–H groups in total. The highest BCUT2D eigenvalue weighted by Crippen LogP contribution is 2.52. The van der Waals surface area contributed by atoms with Gasteiger partial charge in [0.2, 0.25) is 0 Å². The Kier molecular flexibility index (Phi) is 5.54. The largest absolute Gasteiger partial charge is 0.340 e. The van der Waals surface area contributed by atoms with Gasteiger partial charge in [0.25, 0.3) is 0 Å². The number of fused-ring (bicyclic) bond motifs is 9. The van der Waals surface area contributed by atoms with Crippen LogP contribution in [0.15, 0.2) is 22.1 Å². The molecule has 0 radical (unpaired) electrons. The Morgan fingerprint density at radius 3 is 1.29 bits per heavy atom. The molecule has 42 heavy (non-hydrogen) atoms. The van der Waals surface area contributed by atoms with E-state index in [4.69, 9.17) is 0 Å². The number of aromatic nitrogens is 1. The third-order valence-corrected chi connectivity index (χ3v) is 14.5. The summed E-state index contributed by atoms with van der Waals surface area (Å²) in [5.41, 5.74) is 2.58. The molecule has 5 aromatic heterocycles. The van der Waals surface area contributed by atoms with Crippen LogP contribution in [0.1, 0.15) is 51.4 Å². The van der Waals surface area contributed by atoms with Crippen LogP contribution < -0.4 is 0 Å². The van der Waals surface area contributed by atoms with Gasteiger partial charge in [-0.05, 0) is 37.8 Å². The molecule has 9 rings (SSSR count). The van der Waals surface area contributed by atoms with Crippen molar-refractivity contribution in [3.63, 3.8) is 0 Å². The van der Waals surface area contributed by atoms with E-state index < -0.39 is 0 Å². The third-order valence-electron chi connectivity index (χ3n) is 9.79. The summed E-state index contributed by atoms with van der Waals surface area (Å²) in [4.78, 5) is 61.3. The molecule has 0 aliphatic heterocycles. The van der Waals surface area contributed by atoms with E-state index in [9.17, 15) is 19.2 Å². The summed E-state index contributed by atoms with van der Waals surface area (Å²) in [7, 11) is 2.07. The number of aliphatic imine (C=N–C) groups is 2. The molecule has 0 spiro atoms. The lowest BCUT2D eigenvalue weighted by Crippen LogP contribution is -2.21. The van der Waals surface area contributed by atoms with Gasteiger partial charge in [-0.15, -0.1) is 45.3 Å². The lowest BCUT2D eigenvalue weighted by Gasteiger charge is -2.20. The number of aryl methyl sites for hydroxylation is 1. The van der Waals surface area contributed by atoms with Crippen LogP contribution in [0.2, 0.25) is 0 Å². The van der Waals surface area contributed by atoms with Crippen molar-refractivity contribution in [2.24, 2.45) is 40.7 Å². The zero-order valence-corrected chi connectivity index (χ0v) is 26.0. The summed E-state index contributed by atoms with van der Waals surface area (Å²) in [6, 6.07) is 4.03. The van der Waals surface area contributed by atoms with Crippen LogP contribution in [0.4, 0.5) is 10.0 Å². The average molecular weight is 632 g/mol. The Balaban J connectivity index is 1.11. The smallest absolute Gasteiger partial charge is 0.188 e. The minimum absolute atomic E-state index is 0.0646. The van der Waals surface area contributed by atoms with Crippen LogP contribution in [0, 0.1) is 23.7 Å². The Bertz CT molecular complexity index is 1930. The first-order valence-electron chi connectivity index (χ1n) is 14.6. The first-order chi connectivity index (χ1) is 20.4. The van der Waals surface area contributed by atoms with Gasteiger partial charge in [0.15, 0.2) is 34.6 Å². The minimum Gasteiger partial charge on any atom is -0.340 e. The monoisotopic (exact) mass is 631 g/mol. The molecule has 0 aromatic carbocycles. The van der Waals surface area contributed by atoms with Crippen LogP contribution in [0.3, 0.4) is 0 Å². The number of nitrogens with zero attached hydrogens (tertiary/aromatic N) is 3. The lowest BCUT2D eigenvalue weighted by molar-refractivity contribution is -0.120. The molecule has 4 atom stereocenters. The summed E-state index contributed by atoms with van der Waals surface area (Å²) in [6.45, 7) is 0. The first kappa shape index (κ1) is 25.6. The molecule has 7 nitrogen and oxygen atoms in total. The maximum Gasteiger partial charge on any atom is 0.188 e. The van der Waals surface area contributed by atoms with Crippen LogP contribution in [-0.2, 0) is 26.2 Å². The van der Waals surface area contributed by atoms with Gasteiger partial charge in [-0.3, -0.25) is 19.2 Å². The molecule has 4 aliphatic rings. The van der Waals surface area contributed by atoms with Crippen LogP contribution in [-0.4, -0.2) is 39.1 Å². The highest BCUT2D eigenvalue weighted by atomic mass is 32.1. The number of hydrogen-bond donors (Lipinski definition) is 0. The van der Waals surface area contributed by atoms with E-state index in [1.165, 1.54) is 9.40 Å². The van der Waals surface area contributed by atoms with Crippen molar-refractivity contribution in [1.82, 2.24) is 4.57 Å². The standard InChI is InChI=1S/C31H25N3O4S4/c1-34-22-28-16(10-18(41-28)32-20-24(35)12-6-2-3-7-13(12)25(20)36)39-30(22)31-23(34)29-17(40-31)11-19(42-29)33-21-26(37)14-8-4-5-9-15(14)27(21)38/h10-15H,2-9H2,1H3. The van der Waals surface area contributed by atoms with Gasteiger partial charge in [-0.2, -0.15) is 0 Å². The van der Waals surface area contributed by atoms with Crippen molar-refractivity contribution in [3.8, 4) is 0 Å². The molecule has 4 aliphatic carbocycles. The molecule has 4 unspecified atom stereocenters. The second kappa shape index (κ2) is 9.07. The van der Waals surface area contributed by atoms with Gasteiger partial charge in [0, 0.05) is 30.7 Å². The minimum atomic E-state index is -0.172. The van der Waals surface area contributed by atoms with Crippen molar-refractivity contribution < 1.29 is 19.2 Å². The van der Waals surface area contributed by atoms with E-state index in [0.717, 1.165) is 81.2 Å². The van der Waals surface area contributed by atoms with Gasteiger partial charge < -0.3 is 4.57 Å². The zero-order valence-electron chi connectivity index (χ0n) is 22.7. The summed E-state index contributed by atoms with van der Waals surface area (Å²) in [6.07, 6.45) is 7.23. The average Bonchev–Trinajstić information content (AvgIpc) is 3.82. The van der Waals surface area contributed by atoms with E-state index in [0.29, 0.717) is 10.0 Å². The number of carbonyl (C=O) groups excluding carboxylic acids is 4. The molecular weight excluding hydrogens is 607 g/mol. The first-order valence-corrected chi connectivity index (χ1v) is 17.9.